The van der Waals surface area contributed by atoms with E-state index in [1.165, 1.54) is 0 Å². The van der Waals surface area contributed by atoms with Crippen LogP contribution in [-0.2, 0) is 19.0 Å². The fraction of sp³-hybridized carbons (Fsp3) is 0.692. The zero-order valence-corrected chi connectivity index (χ0v) is 21.5. The number of benzene rings is 1. The van der Waals surface area contributed by atoms with E-state index in [4.69, 9.17) is 18.9 Å². The van der Waals surface area contributed by atoms with Gasteiger partial charge in [-0.05, 0) is 64.7 Å². The second-order valence-corrected chi connectivity index (χ2v) is 10.2. The van der Waals surface area contributed by atoms with Gasteiger partial charge in [-0.25, -0.2) is 4.79 Å². The van der Waals surface area contributed by atoms with Crippen LogP contribution in [0.1, 0.15) is 64.1 Å². The van der Waals surface area contributed by atoms with Gasteiger partial charge in [-0.2, -0.15) is 0 Å². The van der Waals surface area contributed by atoms with Gasteiger partial charge in [0.25, 0.3) is 5.91 Å². The first-order valence-corrected chi connectivity index (χ1v) is 12.2. The summed E-state index contributed by atoms with van der Waals surface area (Å²) in [5.41, 5.74) is 1.49. The SMILES string of the molecule is COCCCOc1cc(C(C)N(C(=O)[C@H]2CN(C(=O)OC(C)(C)C)CCO2)C2CC2)ccc1C. The highest BCUT2D eigenvalue weighted by atomic mass is 16.6. The number of aryl methyl sites for hydroxylation is 1. The quantitative estimate of drug-likeness (QED) is 0.500. The molecule has 190 valence electrons. The minimum Gasteiger partial charge on any atom is -0.493 e. The number of hydrogen-bond acceptors (Lipinski definition) is 6. The molecule has 1 unspecified atom stereocenters. The van der Waals surface area contributed by atoms with Crippen molar-refractivity contribution in [3.63, 3.8) is 0 Å². The molecule has 8 nitrogen and oxygen atoms in total. The van der Waals surface area contributed by atoms with E-state index in [0.29, 0.717) is 26.4 Å². The van der Waals surface area contributed by atoms with Crippen LogP contribution in [-0.4, -0.2) is 79.6 Å². The van der Waals surface area contributed by atoms with E-state index in [0.717, 1.165) is 36.1 Å². The fourth-order valence-corrected chi connectivity index (χ4v) is 4.08. The lowest BCUT2D eigenvalue weighted by Crippen LogP contribution is -2.54. The summed E-state index contributed by atoms with van der Waals surface area (Å²) in [5.74, 6) is 0.750. The highest BCUT2D eigenvalue weighted by Crippen LogP contribution is 2.37. The number of methoxy groups -OCH3 is 1. The highest BCUT2D eigenvalue weighted by Gasteiger charge is 2.42. The standard InChI is InChI=1S/C26H40N2O6/c1-18-8-9-20(16-22(18)32-14-7-13-31-6)19(2)28(21-10-11-21)24(29)23-17-27(12-15-33-23)25(30)34-26(3,4)5/h8-9,16,19,21,23H,7,10-15,17H2,1-6H3/t19?,23-/m1/s1. The normalized spacial score (nSPS) is 19.5. The number of carbonyl (C=O) groups is 2. The topological polar surface area (TPSA) is 77.5 Å². The second kappa shape index (κ2) is 11.4. The van der Waals surface area contributed by atoms with Gasteiger partial charge < -0.3 is 28.7 Å². The van der Waals surface area contributed by atoms with Crippen molar-refractivity contribution in [2.45, 2.75) is 77.7 Å². The van der Waals surface area contributed by atoms with Crippen LogP contribution in [0.15, 0.2) is 18.2 Å². The molecule has 1 heterocycles. The Morgan fingerprint density at radius 2 is 1.97 bits per heavy atom. The van der Waals surface area contributed by atoms with Crippen molar-refractivity contribution in [2.75, 3.05) is 40.0 Å². The van der Waals surface area contributed by atoms with Gasteiger partial charge in [0.1, 0.15) is 11.4 Å². The van der Waals surface area contributed by atoms with E-state index in [2.05, 4.69) is 6.07 Å². The number of nitrogens with zero attached hydrogens (tertiary/aromatic N) is 2. The number of amides is 2. The Hall–Kier alpha value is -2.32. The fourth-order valence-electron chi connectivity index (χ4n) is 4.08. The van der Waals surface area contributed by atoms with Gasteiger partial charge in [-0.15, -0.1) is 0 Å². The first kappa shape index (κ1) is 26.3. The Labute approximate surface area is 203 Å². The van der Waals surface area contributed by atoms with Crippen molar-refractivity contribution in [2.24, 2.45) is 0 Å². The van der Waals surface area contributed by atoms with Gasteiger partial charge in [0.15, 0.2) is 6.10 Å². The number of rotatable bonds is 9. The van der Waals surface area contributed by atoms with Crippen LogP contribution < -0.4 is 4.74 Å². The Bertz CT molecular complexity index is 848. The smallest absolute Gasteiger partial charge is 0.410 e. The molecule has 1 aliphatic carbocycles. The molecule has 2 amide bonds. The van der Waals surface area contributed by atoms with Crippen molar-refractivity contribution < 1.29 is 28.5 Å². The van der Waals surface area contributed by atoms with Gasteiger partial charge in [0.05, 0.1) is 25.8 Å². The monoisotopic (exact) mass is 476 g/mol. The van der Waals surface area contributed by atoms with Crippen LogP contribution in [0.2, 0.25) is 0 Å². The minimum atomic E-state index is -0.695. The highest BCUT2D eigenvalue weighted by molar-refractivity contribution is 5.83. The predicted octanol–water partition coefficient (Wildman–Crippen LogP) is 4.10. The molecule has 1 aromatic carbocycles. The summed E-state index contributed by atoms with van der Waals surface area (Å²) >= 11 is 0. The largest absolute Gasteiger partial charge is 0.493 e. The molecule has 1 aliphatic heterocycles. The van der Waals surface area contributed by atoms with Gasteiger partial charge in [0.2, 0.25) is 0 Å². The molecule has 0 radical (unpaired) electrons. The molecular formula is C26H40N2O6. The van der Waals surface area contributed by atoms with E-state index in [1.54, 1.807) is 12.0 Å². The van der Waals surface area contributed by atoms with E-state index >= 15 is 0 Å². The Kier molecular flexibility index (Phi) is 8.82. The summed E-state index contributed by atoms with van der Waals surface area (Å²) in [4.78, 5) is 29.7. The van der Waals surface area contributed by atoms with Gasteiger partial charge in [-0.3, -0.25) is 4.79 Å². The van der Waals surface area contributed by atoms with E-state index in [1.807, 2.05) is 51.7 Å². The van der Waals surface area contributed by atoms with Crippen molar-refractivity contribution >= 4 is 12.0 Å². The summed E-state index contributed by atoms with van der Waals surface area (Å²) in [6, 6.07) is 6.18. The molecule has 2 aliphatic rings. The number of carbonyl (C=O) groups excluding carboxylic acids is 2. The van der Waals surface area contributed by atoms with E-state index < -0.39 is 17.8 Å². The number of ether oxygens (including phenoxy) is 4. The van der Waals surface area contributed by atoms with Crippen LogP contribution in [0.4, 0.5) is 4.79 Å². The molecule has 0 aromatic heterocycles. The molecule has 0 spiro atoms. The molecule has 1 saturated heterocycles. The Morgan fingerprint density at radius 3 is 2.62 bits per heavy atom. The third-order valence-corrected chi connectivity index (χ3v) is 6.05. The minimum absolute atomic E-state index is 0.0774. The first-order valence-electron chi connectivity index (χ1n) is 12.2. The molecule has 2 atom stereocenters. The van der Waals surface area contributed by atoms with Crippen molar-refractivity contribution in [1.29, 1.82) is 0 Å². The molecule has 2 fully saturated rings. The van der Waals surface area contributed by atoms with Crippen molar-refractivity contribution in [3.05, 3.63) is 29.3 Å². The van der Waals surface area contributed by atoms with Crippen molar-refractivity contribution in [1.82, 2.24) is 9.80 Å². The summed E-state index contributed by atoms with van der Waals surface area (Å²) in [6.45, 7) is 11.7. The predicted molar refractivity (Wildman–Crippen MR) is 129 cm³/mol. The molecule has 8 heteroatoms. The molecule has 0 bridgehead atoms. The lowest BCUT2D eigenvalue weighted by Gasteiger charge is -2.38. The molecular weight excluding hydrogens is 436 g/mol. The molecule has 3 rings (SSSR count). The van der Waals surface area contributed by atoms with Gasteiger partial charge in [-0.1, -0.05) is 12.1 Å². The average Bonchev–Trinajstić information content (AvgIpc) is 3.62. The number of hydrogen-bond donors (Lipinski definition) is 0. The lowest BCUT2D eigenvalue weighted by atomic mass is 10.0. The maximum Gasteiger partial charge on any atom is 0.410 e. The van der Waals surface area contributed by atoms with Gasteiger partial charge in [0, 0.05) is 32.7 Å². The third-order valence-electron chi connectivity index (χ3n) is 6.05. The maximum absolute atomic E-state index is 13.6. The summed E-state index contributed by atoms with van der Waals surface area (Å²) in [5, 5.41) is 0. The third kappa shape index (κ3) is 7.09. The van der Waals surface area contributed by atoms with Crippen LogP contribution in [0, 0.1) is 6.92 Å². The summed E-state index contributed by atoms with van der Waals surface area (Å²) in [6.07, 6.45) is 1.67. The summed E-state index contributed by atoms with van der Waals surface area (Å²) in [7, 11) is 1.68. The molecule has 34 heavy (non-hydrogen) atoms. The molecule has 0 N–H and O–H groups in total. The van der Waals surface area contributed by atoms with E-state index in [-0.39, 0.29) is 24.5 Å². The Morgan fingerprint density at radius 1 is 1.24 bits per heavy atom. The van der Waals surface area contributed by atoms with Crippen LogP contribution in [0.5, 0.6) is 5.75 Å². The van der Waals surface area contributed by atoms with Crippen molar-refractivity contribution in [3.8, 4) is 5.75 Å². The maximum atomic E-state index is 13.6. The molecule has 1 aromatic rings. The first-order chi connectivity index (χ1) is 16.1. The van der Waals surface area contributed by atoms with E-state index in [9.17, 15) is 9.59 Å². The second-order valence-electron chi connectivity index (χ2n) is 10.2. The number of morpholine rings is 1. The lowest BCUT2D eigenvalue weighted by molar-refractivity contribution is -0.151. The van der Waals surface area contributed by atoms with Crippen LogP contribution in [0.25, 0.3) is 0 Å². The zero-order chi connectivity index (χ0) is 24.9. The van der Waals surface area contributed by atoms with Crippen LogP contribution >= 0.6 is 0 Å². The zero-order valence-electron chi connectivity index (χ0n) is 21.5. The summed E-state index contributed by atoms with van der Waals surface area (Å²) < 4.78 is 22.4. The average molecular weight is 477 g/mol. The molecule has 1 saturated carbocycles. The Balaban J connectivity index is 1.70. The van der Waals surface area contributed by atoms with Crippen LogP contribution in [0.3, 0.4) is 0 Å². The van der Waals surface area contributed by atoms with Gasteiger partial charge >= 0.3 is 6.09 Å².